The third kappa shape index (κ3) is 3.11. The largest absolute Gasteiger partial charge is 0.338 e. The van der Waals surface area contributed by atoms with Crippen LogP contribution in [0.4, 0.5) is 10.3 Å². The molecule has 5 heteroatoms. The summed E-state index contributed by atoms with van der Waals surface area (Å²) in [6, 6.07) is 8.53. The molecule has 0 radical (unpaired) electrons. The molecule has 1 aliphatic heterocycles. The second-order valence-corrected chi connectivity index (χ2v) is 4.89. The normalized spacial score (nSPS) is 15.3. The molecule has 1 saturated heterocycles. The van der Waals surface area contributed by atoms with Gasteiger partial charge < -0.3 is 10.2 Å². The van der Waals surface area contributed by atoms with Crippen LogP contribution in [-0.4, -0.2) is 36.1 Å². The fourth-order valence-electron chi connectivity index (χ4n) is 2.36. The fourth-order valence-corrected chi connectivity index (χ4v) is 2.36. The maximum Gasteiger partial charge on any atom is 0.225 e. The molecule has 3 rings (SSSR count). The van der Waals surface area contributed by atoms with E-state index in [9.17, 15) is 4.39 Å². The number of benzene rings is 1. The van der Waals surface area contributed by atoms with Gasteiger partial charge in [-0.1, -0.05) is 12.1 Å². The molecule has 0 unspecified atom stereocenters. The summed E-state index contributed by atoms with van der Waals surface area (Å²) in [5.41, 5.74) is 1.84. The van der Waals surface area contributed by atoms with Crippen LogP contribution in [-0.2, 0) is 6.42 Å². The number of piperazine rings is 1. The van der Waals surface area contributed by atoms with Crippen molar-refractivity contribution in [2.75, 3.05) is 31.1 Å². The molecule has 1 aromatic carbocycles. The van der Waals surface area contributed by atoms with Crippen LogP contribution >= 0.6 is 0 Å². The number of hydrogen-bond acceptors (Lipinski definition) is 4. The SMILES string of the molecule is Fc1cccc(Cc2ccnc(N3CCNCC3)n2)c1. The average molecular weight is 272 g/mol. The number of nitrogens with zero attached hydrogens (tertiary/aromatic N) is 3. The summed E-state index contributed by atoms with van der Waals surface area (Å²) in [6.45, 7) is 3.75. The van der Waals surface area contributed by atoms with E-state index in [1.807, 2.05) is 12.1 Å². The van der Waals surface area contributed by atoms with Crippen molar-refractivity contribution in [3.05, 3.63) is 53.6 Å². The van der Waals surface area contributed by atoms with Crippen molar-refractivity contribution in [3.8, 4) is 0 Å². The maximum atomic E-state index is 13.2. The molecule has 0 atom stereocenters. The van der Waals surface area contributed by atoms with Crippen molar-refractivity contribution < 1.29 is 4.39 Å². The Kier molecular flexibility index (Phi) is 3.87. The van der Waals surface area contributed by atoms with Gasteiger partial charge in [-0.15, -0.1) is 0 Å². The zero-order valence-electron chi connectivity index (χ0n) is 11.2. The van der Waals surface area contributed by atoms with Gasteiger partial charge in [0.25, 0.3) is 0 Å². The quantitative estimate of drug-likeness (QED) is 0.922. The summed E-state index contributed by atoms with van der Waals surface area (Å²) in [7, 11) is 0. The first-order valence-corrected chi connectivity index (χ1v) is 6.83. The van der Waals surface area contributed by atoms with E-state index in [2.05, 4.69) is 20.2 Å². The van der Waals surface area contributed by atoms with Gasteiger partial charge in [0.05, 0.1) is 5.69 Å². The maximum absolute atomic E-state index is 13.2. The number of aromatic nitrogens is 2. The molecule has 4 nitrogen and oxygen atoms in total. The smallest absolute Gasteiger partial charge is 0.225 e. The summed E-state index contributed by atoms with van der Waals surface area (Å²) in [6.07, 6.45) is 2.40. The Bertz CT molecular complexity index is 582. The van der Waals surface area contributed by atoms with E-state index in [0.717, 1.165) is 43.4 Å². The van der Waals surface area contributed by atoms with Crippen molar-refractivity contribution in [2.24, 2.45) is 0 Å². The van der Waals surface area contributed by atoms with Gasteiger partial charge in [-0.2, -0.15) is 0 Å². The van der Waals surface area contributed by atoms with Crippen molar-refractivity contribution in [1.29, 1.82) is 0 Å². The second kappa shape index (κ2) is 5.96. The molecule has 1 fully saturated rings. The second-order valence-electron chi connectivity index (χ2n) is 4.89. The van der Waals surface area contributed by atoms with Gasteiger partial charge in [-0.25, -0.2) is 14.4 Å². The highest BCUT2D eigenvalue weighted by Gasteiger charge is 2.13. The zero-order chi connectivity index (χ0) is 13.8. The first kappa shape index (κ1) is 13.0. The van der Waals surface area contributed by atoms with Crippen LogP contribution in [0, 0.1) is 5.82 Å². The molecule has 20 heavy (non-hydrogen) atoms. The minimum Gasteiger partial charge on any atom is -0.338 e. The van der Waals surface area contributed by atoms with Gasteiger partial charge in [0.15, 0.2) is 0 Å². The van der Waals surface area contributed by atoms with E-state index in [-0.39, 0.29) is 5.82 Å². The van der Waals surface area contributed by atoms with E-state index in [0.29, 0.717) is 6.42 Å². The van der Waals surface area contributed by atoms with Crippen molar-refractivity contribution in [1.82, 2.24) is 15.3 Å². The number of hydrogen-bond donors (Lipinski definition) is 1. The van der Waals surface area contributed by atoms with E-state index in [4.69, 9.17) is 0 Å². The summed E-state index contributed by atoms with van der Waals surface area (Å²) in [5.74, 6) is 0.555. The topological polar surface area (TPSA) is 41.1 Å². The van der Waals surface area contributed by atoms with Crippen LogP contribution in [0.2, 0.25) is 0 Å². The summed E-state index contributed by atoms with van der Waals surface area (Å²) in [4.78, 5) is 11.1. The summed E-state index contributed by atoms with van der Waals surface area (Å²) >= 11 is 0. The lowest BCUT2D eigenvalue weighted by molar-refractivity contribution is 0.579. The lowest BCUT2D eigenvalue weighted by Crippen LogP contribution is -2.44. The minimum absolute atomic E-state index is 0.209. The van der Waals surface area contributed by atoms with Crippen molar-refractivity contribution >= 4 is 5.95 Å². The predicted octanol–water partition coefficient (Wildman–Crippen LogP) is 1.62. The summed E-state index contributed by atoms with van der Waals surface area (Å²) < 4.78 is 13.2. The minimum atomic E-state index is -0.209. The first-order valence-electron chi connectivity index (χ1n) is 6.83. The van der Waals surface area contributed by atoms with Crippen LogP contribution < -0.4 is 10.2 Å². The average Bonchev–Trinajstić information content (AvgIpc) is 2.48. The van der Waals surface area contributed by atoms with Crippen LogP contribution in [0.15, 0.2) is 36.5 Å². The molecule has 0 spiro atoms. The van der Waals surface area contributed by atoms with E-state index < -0.39 is 0 Å². The van der Waals surface area contributed by atoms with Gasteiger partial charge in [-0.05, 0) is 23.8 Å². The molecule has 2 aromatic rings. The first-order chi connectivity index (χ1) is 9.81. The number of nitrogens with one attached hydrogen (secondary N) is 1. The molecular formula is C15H17FN4. The zero-order valence-corrected chi connectivity index (χ0v) is 11.2. The lowest BCUT2D eigenvalue weighted by Gasteiger charge is -2.27. The molecule has 0 amide bonds. The van der Waals surface area contributed by atoms with Crippen LogP contribution in [0.3, 0.4) is 0 Å². The molecule has 1 N–H and O–H groups in total. The van der Waals surface area contributed by atoms with Crippen molar-refractivity contribution in [2.45, 2.75) is 6.42 Å². The Morgan fingerprint density at radius 2 is 2.05 bits per heavy atom. The molecule has 104 valence electrons. The molecule has 0 aliphatic carbocycles. The Morgan fingerprint density at radius 1 is 1.20 bits per heavy atom. The number of anilines is 1. The molecule has 0 bridgehead atoms. The highest BCUT2D eigenvalue weighted by atomic mass is 19.1. The van der Waals surface area contributed by atoms with Gasteiger partial charge in [0.2, 0.25) is 5.95 Å². The van der Waals surface area contributed by atoms with Crippen LogP contribution in [0.25, 0.3) is 0 Å². The van der Waals surface area contributed by atoms with Crippen LogP contribution in [0.5, 0.6) is 0 Å². The third-order valence-electron chi connectivity index (χ3n) is 3.37. The monoisotopic (exact) mass is 272 g/mol. The Balaban J connectivity index is 1.77. The number of rotatable bonds is 3. The molecule has 0 saturated carbocycles. The Morgan fingerprint density at radius 3 is 2.85 bits per heavy atom. The highest BCUT2D eigenvalue weighted by Crippen LogP contribution is 2.12. The summed E-state index contributed by atoms with van der Waals surface area (Å²) in [5, 5.41) is 3.31. The molecular weight excluding hydrogens is 255 g/mol. The lowest BCUT2D eigenvalue weighted by atomic mass is 10.1. The molecule has 1 aromatic heterocycles. The van der Waals surface area contributed by atoms with Crippen molar-refractivity contribution in [3.63, 3.8) is 0 Å². The number of halogens is 1. The fraction of sp³-hybridized carbons (Fsp3) is 0.333. The predicted molar refractivity (Wildman–Crippen MR) is 76.3 cm³/mol. The Hall–Kier alpha value is -2.01. The van der Waals surface area contributed by atoms with E-state index in [1.165, 1.54) is 6.07 Å². The standard InChI is InChI=1S/C15H17FN4/c16-13-3-1-2-12(10-13)11-14-4-5-18-15(19-14)20-8-6-17-7-9-20/h1-5,10,17H,6-9,11H2. The highest BCUT2D eigenvalue weighted by molar-refractivity contribution is 5.32. The van der Waals surface area contributed by atoms with Gasteiger partial charge >= 0.3 is 0 Å². The van der Waals surface area contributed by atoms with Gasteiger partial charge in [0.1, 0.15) is 5.82 Å². The Labute approximate surface area is 117 Å². The van der Waals surface area contributed by atoms with E-state index >= 15 is 0 Å². The molecule has 2 heterocycles. The third-order valence-corrected chi connectivity index (χ3v) is 3.37. The molecule has 1 aliphatic rings. The van der Waals surface area contributed by atoms with Gasteiger partial charge in [0, 0.05) is 38.8 Å². The van der Waals surface area contributed by atoms with E-state index in [1.54, 1.807) is 18.3 Å². The van der Waals surface area contributed by atoms with Crippen LogP contribution in [0.1, 0.15) is 11.3 Å². The van der Waals surface area contributed by atoms with Gasteiger partial charge in [-0.3, -0.25) is 0 Å².